The number of aryl methyl sites for hydroxylation is 1. The van der Waals surface area contributed by atoms with Crippen molar-refractivity contribution >= 4 is 23.9 Å². The van der Waals surface area contributed by atoms with E-state index in [9.17, 15) is 14.7 Å². The van der Waals surface area contributed by atoms with E-state index in [1.54, 1.807) is 24.4 Å². The molecule has 0 bridgehead atoms. The minimum Gasteiger partial charge on any atom is -0.494 e. The Labute approximate surface area is 156 Å². The smallest absolute Gasteiger partial charge is 0.293 e. The van der Waals surface area contributed by atoms with Gasteiger partial charge in [0.2, 0.25) is 11.7 Å². The predicted molar refractivity (Wildman–Crippen MR) is 98.2 cm³/mol. The quantitative estimate of drug-likeness (QED) is 0.738. The van der Waals surface area contributed by atoms with E-state index in [2.05, 4.69) is 0 Å². The summed E-state index contributed by atoms with van der Waals surface area (Å²) in [4.78, 5) is 25.2. The molecule has 0 fully saturated rings. The zero-order valence-electron chi connectivity index (χ0n) is 14.0. The lowest BCUT2D eigenvalue weighted by atomic mass is 9.95. The average molecular weight is 372 g/mol. The van der Waals surface area contributed by atoms with E-state index < -0.39 is 6.10 Å². The molecule has 0 aromatic heterocycles. The summed E-state index contributed by atoms with van der Waals surface area (Å²) in [5.74, 6) is -0.513. The molecule has 0 saturated heterocycles. The van der Waals surface area contributed by atoms with Crippen molar-refractivity contribution < 1.29 is 19.4 Å². The molecule has 1 N–H and O–H groups in total. The van der Waals surface area contributed by atoms with Gasteiger partial charge >= 0.3 is 0 Å². The van der Waals surface area contributed by atoms with Gasteiger partial charge in [-0.25, -0.2) is 0 Å². The number of ether oxygens (including phenoxy) is 1. The van der Waals surface area contributed by atoms with Crippen molar-refractivity contribution in [3.63, 3.8) is 0 Å². The summed E-state index contributed by atoms with van der Waals surface area (Å²) in [7, 11) is 0. The van der Waals surface area contributed by atoms with Crippen LogP contribution in [0.3, 0.4) is 0 Å². The normalized spacial score (nSPS) is 16.8. The van der Waals surface area contributed by atoms with Crippen molar-refractivity contribution in [2.24, 2.45) is 0 Å². The number of hydrogen-bond acceptors (Lipinski definition) is 5. The Hall–Kier alpha value is -2.79. The molecule has 0 spiro atoms. The molecular weight excluding hydrogens is 354 g/mol. The van der Waals surface area contributed by atoms with Crippen LogP contribution in [0.4, 0.5) is 0 Å². The number of hydrogen-bond donors (Lipinski definition) is 1. The molecule has 6 heteroatoms. The van der Waals surface area contributed by atoms with Crippen LogP contribution in [0.2, 0.25) is 5.02 Å². The van der Waals surface area contributed by atoms with Crippen LogP contribution >= 0.6 is 11.6 Å². The number of fused-ring (bicyclic) bond motifs is 1. The van der Waals surface area contributed by atoms with Crippen LogP contribution in [-0.2, 0) is 20.7 Å². The van der Waals surface area contributed by atoms with E-state index in [4.69, 9.17) is 16.3 Å². The fourth-order valence-corrected chi connectivity index (χ4v) is 3.07. The van der Waals surface area contributed by atoms with E-state index in [0.717, 1.165) is 11.3 Å². The Kier molecular flexibility index (Phi) is 5.58. The van der Waals surface area contributed by atoms with Crippen LogP contribution in [0.5, 0.6) is 0 Å². The van der Waals surface area contributed by atoms with E-state index in [1.165, 1.54) is 4.90 Å². The highest BCUT2D eigenvalue weighted by molar-refractivity contribution is 6.30. The summed E-state index contributed by atoms with van der Waals surface area (Å²) in [6.45, 7) is 0.273. The summed E-state index contributed by atoms with van der Waals surface area (Å²) in [6.07, 6.45) is 9.20. The first-order chi connectivity index (χ1) is 12.6. The number of carbonyl (C=O) groups is 2. The third kappa shape index (κ3) is 3.89. The molecule has 0 aliphatic carbocycles. The second kappa shape index (κ2) is 8.06. The molecule has 2 heterocycles. The predicted octanol–water partition coefficient (Wildman–Crippen LogP) is 3.83. The van der Waals surface area contributed by atoms with Crippen molar-refractivity contribution in [3.05, 3.63) is 82.5 Å². The third-order valence-electron chi connectivity index (χ3n) is 4.32. The first-order valence-electron chi connectivity index (χ1n) is 8.24. The Morgan fingerprint density at radius 1 is 1.31 bits per heavy atom. The second-order valence-electron chi connectivity index (χ2n) is 5.96. The van der Waals surface area contributed by atoms with Gasteiger partial charge < -0.3 is 9.84 Å². The lowest BCUT2D eigenvalue weighted by Gasteiger charge is -2.28. The molecule has 3 rings (SSSR count). The summed E-state index contributed by atoms with van der Waals surface area (Å²) in [5, 5.41) is 11.1. The Morgan fingerprint density at radius 3 is 2.81 bits per heavy atom. The number of nitrogens with zero attached hydrogens (tertiary/aromatic N) is 1. The maximum absolute atomic E-state index is 12.8. The molecule has 26 heavy (non-hydrogen) atoms. The zero-order chi connectivity index (χ0) is 18.5. The van der Waals surface area contributed by atoms with E-state index in [1.807, 2.05) is 30.4 Å². The molecule has 0 radical (unpaired) electrons. The highest BCUT2D eigenvalue weighted by Gasteiger charge is 2.30. The van der Waals surface area contributed by atoms with E-state index in [0.29, 0.717) is 17.9 Å². The van der Waals surface area contributed by atoms with Crippen LogP contribution in [0.1, 0.15) is 18.4 Å². The standard InChI is InChI=1S/C20H18ClNO4/c21-15-7-4-14(5-8-15)6-11-18(26-13-23)19(24)17-10-9-16-3-1-2-12-22(16)20(17)25/h1-5,7-9,12-13,18,25H,6,10-11H2. The Bertz CT molecular complexity index is 821. The molecule has 1 unspecified atom stereocenters. The lowest BCUT2D eigenvalue weighted by Crippen LogP contribution is -2.31. The van der Waals surface area contributed by atoms with Gasteiger partial charge in [-0.15, -0.1) is 0 Å². The van der Waals surface area contributed by atoms with Gasteiger partial charge in [-0.3, -0.25) is 14.5 Å². The van der Waals surface area contributed by atoms with Crippen molar-refractivity contribution in [1.29, 1.82) is 0 Å². The average Bonchev–Trinajstić information content (AvgIpc) is 2.66. The van der Waals surface area contributed by atoms with Crippen LogP contribution in [-0.4, -0.2) is 28.4 Å². The van der Waals surface area contributed by atoms with E-state index >= 15 is 0 Å². The molecule has 2 aliphatic rings. The summed E-state index contributed by atoms with van der Waals surface area (Å²) in [5.41, 5.74) is 2.02. The number of Topliss-reactive ketones (excluding diaryl/α,β-unsaturated/α-hetero) is 1. The fraction of sp³-hybridized carbons (Fsp3) is 0.200. The van der Waals surface area contributed by atoms with Gasteiger partial charge in [0, 0.05) is 23.3 Å². The van der Waals surface area contributed by atoms with Crippen LogP contribution in [0.25, 0.3) is 0 Å². The number of carbonyl (C=O) groups excluding carboxylic acids is 2. The van der Waals surface area contributed by atoms with Gasteiger partial charge in [-0.1, -0.05) is 35.9 Å². The topological polar surface area (TPSA) is 66.8 Å². The minimum atomic E-state index is -0.945. The minimum absolute atomic E-state index is 0.126. The fourth-order valence-electron chi connectivity index (χ4n) is 2.94. The molecule has 2 aliphatic heterocycles. The number of ketones is 1. The largest absolute Gasteiger partial charge is 0.494 e. The third-order valence-corrected chi connectivity index (χ3v) is 4.57. The van der Waals surface area contributed by atoms with Crippen LogP contribution in [0.15, 0.2) is 71.9 Å². The van der Waals surface area contributed by atoms with Gasteiger partial charge in [0.25, 0.3) is 6.47 Å². The SMILES string of the molecule is O=COC(CCc1ccc(Cl)cc1)C(=O)C1=C(O)N2C=CC=CC2=CC1. The van der Waals surface area contributed by atoms with Gasteiger partial charge in [0.1, 0.15) is 0 Å². The maximum atomic E-state index is 12.8. The van der Waals surface area contributed by atoms with Crippen molar-refractivity contribution in [2.75, 3.05) is 0 Å². The molecule has 1 aromatic carbocycles. The molecule has 1 aromatic rings. The van der Waals surface area contributed by atoms with Crippen molar-refractivity contribution in [2.45, 2.75) is 25.4 Å². The van der Waals surface area contributed by atoms with Crippen LogP contribution < -0.4 is 0 Å². The second-order valence-corrected chi connectivity index (χ2v) is 6.39. The van der Waals surface area contributed by atoms with Gasteiger partial charge in [-0.2, -0.15) is 0 Å². The summed E-state index contributed by atoms with van der Waals surface area (Å²) < 4.78 is 5.01. The first-order valence-corrected chi connectivity index (χ1v) is 8.62. The molecular formula is C20H18ClNO4. The highest BCUT2D eigenvalue weighted by atomic mass is 35.5. The van der Waals surface area contributed by atoms with Gasteiger partial charge in [0.05, 0.1) is 5.57 Å². The lowest BCUT2D eigenvalue weighted by molar-refractivity contribution is -0.142. The summed E-state index contributed by atoms with van der Waals surface area (Å²) >= 11 is 5.87. The molecule has 5 nitrogen and oxygen atoms in total. The number of allylic oxidation sites excluding steroid dienone is 4. The monoisotopic (exact) mass is 371 g/mol. The molecule has 134 valence electrons. The first kappa shape index (κ1) is 18.0. The Balaban J connectivity index is 1.74. The highest BCUT2D eigenvalue weighted by Crippen LogP contribution is 2.29. The number of aliphatic hydroxyl groups excluding tert-OH is 1. The van der Waals surface area contributed by atoms with Gasteiger partial charge in [-0.05, 0) is 42.7 Å². The number of rotatable bonds is 7. The van der Waals surface area contributed by atoms with Crippen molar-refractivity contribution in [3.8, 4) is 0 Å². The number of benzene rings is 1. The summed E-state index contributed by atoms with van der Waals surface area (Å²) in [6, 6.07) is 7.27. The molecule has 0 amide bonds. The van der Waals surface area contributed by atoms with E-state index in [-0.39, 0.29) is 30.1 Å². The number of aliphatic hydroxyl groups is 1. The van der Waals surface area contributed by atoms with Crippen LogP contribution in [0, 0.1) is 0 Å². The Morgan fingerprint density at radius 2 is 2.08 bits per heavy atom. The van der Waals surface area contributed by atoms with Crippen molar-refractivity contribution in [1.82, 2.24) is 4.90 Å². The molecule has 1 atom stereocenters. The zero-order valence-corrected chi connectivity index (χ0v) is 14.7. The van der Waals surface area contributed by atoms with Gasteiger partial charge in [0.15, 0.2) is 6.10 Å². The number of halogens is 1. The maximum Gasteiger partial charge on any atom is 0.293 e. The molecule has 0 saturated carbocycles.